The number of unbranched alkanes of at least 4 members (excludes halogenated alkanes) is 1. The molecule has 0 unspecified atom stereocenters. The van der Waals surface area contributed by atoms with Gasteiger partial charge >= 0.3 is 0 Å². The molecular weight excluding hydrogens is 198 g/mol. The van der Waals surface area contributed by atoms with E-state index in [4.69, 9.17) is 5.73 Å². The molecule has 0 atom stereocenters. The van der Waals surface area contributed by atoms with Gasteiger partial charge in [0.15, 0.2) is 0 Å². The average molecular weight is 219 g/mol. The van der Waals surface area contributed by atoms with Crippen LogP contribution in [-0.2, 0) is 4.79 Å². The number of aldehydes is 1. The molecule has 0 aliphatic carbocycles. The van der Waals surface area contributed by atoms with Gasteiger partial charge in [-0.2, -0.15) is 0 Å². The number of hydrogen-bond donors (Lipinski definition) is 1. The maximum absolute atomic E-state index is 10.2. The topological polar surface area (TPSA) is 43.1 Å². The number of rotatable bonds is 4. The highest BCUT2D eigenvalue weighted by Crippen LogP contribution is 1.99. The van der Waals surface area contributed by atoms with E-state index in [1.54, 1.807) is 0 Å². The van der Waals surface area contributed by atoms with E-state index in [0.717, 1.165) is 36.8 Å². The van der Waals surface area contributed by atoms with Gasteiger partial charge in [-0.3, -0.25) is 4.79 Å². The molecule has 0 radical (unpaired) electrons. The zero-order valence-corrected chi connectivity index (χ0v) is 10.1. The number of para-hydroxylation sites is 1. The number of benzene rings is 1. The van der Waals surface area contributed by atoms with Gasteiger partial charge in [-0.1, -0.05) is 44.5 Å². The van der Waals surface area contributed by atoms with Crippen molar-refractivity contribution in [2.24, 2.45) is 0 Å². The van der Waals surface area contributed by atoms with Crippen LogP contribution in [0.5, 0.6) is 0 Å². The quantitative estimate of drug-likeness (QED) is 0.477. The van der Waals surface area contributed by atoms with Crippen molar-refractivity contribution in [3.63, 3.8) is 0 Å². The molecule has 88 valence electrons. The van der Waals surface area contributed by atoms with Crippen molar-refractivity contribution in [3.05, 3.63) is 42.0 Å². The van der Waals surface area contributed by atoms with Crippen molar-refractivity contribution in [1.29, 1.82) is 0 Å². The summed E-state index contributed by atoms with van der Waals surface area (Å²) in [6.45, 7) is 4.10. The predicted octanol–water partition coefficient (Wildman–Crippen LogP) is 3.59. The summed E-state index contributed by atoms with van der Waals surface area (Å²) in [5.74, 6) is 0. The molecule has 2 nitrogen and oxygen atoms in total. The lowest BCUT2D eigenvalue weighted by atomic mass is 10.2. The Balaban J connectivity index is 0.000000288. The van der Waals surface area contributed by atoms with Gasteiger partial charge in [0, 0.05) is 5.69 Å². The van der Waals surface area contributed by atoms with Crippen LogP contribution in [-0.4, -0.2) is 6.29 Å². The molecule has 2 heteroatoms. The van der Waals surface area contributed by atoms with Crippen LogP contribution in [0.15, 0.2) is 42.0 Å². The standard InChI is InChI=1S/C8H14O.C6H7N/c1-3-5-6-8(4-2)7-9;7-6-4-2-1-3-5-6/h6-7H,3-5H2,1-2H3;1-5H,7H2/b8-6+;. The minimum Gasteiger partial charge on any atom is -0.399 e. The third-order valence-electron chi connectivity index (χ3n) is 2.05. The van der Waals surface area contributed by atoms with Crippen molar-refractivity contribution >= 4 is 12.0 Å². The van der Waals surface area contributed by atoms with Gasteiger partial charge in [-0.05, 0) is 30.5 Å². The van der Waals surface area contributed by atoms with Gasteiger partial charge in [0.25, 0.3) is 0 Å². The molecule has 0 saturated carbocycles. The Morgan fingerprint density at radius 2 is 1.88 bits per heavy atom. The summed E-state index contributed by atoms with van der Waals surface area (Å²) in [6.07, 6.45) is 5.96. The first kappa shape index (κ1) is 14.4. The Labute approximate surface area is 98.2 Å². The number of carbonyl (C=O) groups excluding carboxylic acids is 1. The van der Waals surface area contributed by atoms with Crippen LogP contribution in [0.4, 0.5) is 5.69 Å². The zero-order chi connectivity index (χ0) is 12.2. The Morgan fingerprint density at radius 1 is 1.25 bits per heavy atom. The second kappa shape index (κ2) is 9.97. The number of hydrogen-bond acceptors (Lipinski definition) is 2. The average Bonchev–Trinajstić information content (AvgIpc) is 2.32. The fraction of sp³-hybridized carbons (Fsp3) is 0.357. The molecule has 1 rings (SSSR count). The molecule has 0 aliphatic heterocycles. The monoisotopic (exact) mass is 219 g/mol. The Hall–Kier alpha value is -1.57. The van der Waals surface area contributed by atoms with E-state index in [9.17, 15) is 4.79 Å². The Morgan fingerprint density at radius 3 is 2.19 bits per heavy atom. The summed E-state index contributed by atoms with van der Waals surface area (Å²) >= 11 is 0. The third-order valence-corrected chi connectivity index (χ3v) is 2.05. The molecular formula is C14H21NO. The smallest absolute Gasteiger partial charge is 0.145 e. The lowest BCUT2D eigenvalue weighted by molar-refractivity contribution is -0.105. The van der Waals surface area contributed by atoms with Crippen LogP contribution in [0.25, 0.3) is 0 Å². The maximum atomic E-state index is 10.2. The molecule has 2 N–H and O–H groups in total. The number of carbonyl (C=O) groups is 1. The second-order valence-electron chi connectivity index (χ2n) is 3.45. The van der Waals surface area contributed by atoms with Gasteiger partial charge in [0.2, 0.25) is 0 Å². The van der Waals surface area contributed by atoms with Crippen molar-refractivity contribution in [3.8, 4) is 0 Å². The zero-order valence-electron chi connectivity index (χ0n) is 10.1. The molecule has 0 saturated heterocycles. The Kier molecular flexibility index (Phi) is 8.99. The number of nitrogens with two attached hydrogens (primary N) is 1. The fourth-order valence-corrected chi connectivity index (χ4v) is 1.06. The summed E-state index contributed by atoms with van der Waals surface area (Å²) < 4.78 is 0. The molecule has 0 fully saturated rings. The molecule has 0 heterocycles. The van der Waals surface area contributed by atoms with E-state index in [-0.39, 0.29) is 0 Å². The minimum atomic E-state index is 0.822. The highest BCUT2D eigenvalue weighted by atomic mass is 16.1. The minimum absolute atomic E-state index is 0.822. The molecule has 1 aromatic rings. The first-order valence-electron chi connectivity index (χ1n) is 5.69. The maximum Gasteiger partial charge on any atom is 0.145 e. The second-order valence-corrected chi connectivity index (χ2v) is 3.45. The summed E-state index contributed by atoms with van der Waals surface area (Å²) in [7, 11) is 0. The van der Waals surface area contributed by atoms with Crippen LogP contribution in [0.2, 0.25) is 0 Å². The van der Waals surface area contributed by atoms with Gasteiger partial charge in [0.1, 0.15) is 6.29 Å². The van der Waals surface area contributed by atoms with Gasteiger partial charge in [-0.15, -0.1) is 0 Å². The van der Waals surface area contributed by atoms with E-state index in [2.05, 4.69) is 6.92 Å². The summed E-state index contributed by atoms with van der Waals surface area (Å²) in [5.41, 5.74) is 7.11. The van der Waals surface area contributed by atoms with Crippen LogP contribution >= 0.6 is 0 Å². The lowest BCUT2D eigenvalue weighted by Crippen LogP contribution is -1.80. The predicted molar refractivity (Wildman–Crippen MR) is 70.2 cm³/mol. The van der Waals surface area contributed by atoms with Crippen LogP contribution in [0, 0.1) is 0 Å². The van der Waals surface area contributed by atoms with Gasteiger partial charge < -0.3 is 5.73 Å². The van der Waals surface area contributed by atoms with E-state index < -0.39 is 0 Å². The van der Waals surface area contributed by atoms with E-state index in [1.807, 2.05) is 43.3 Å². The largest absolute Gasteiger partial charge is 0.399 e. The van der Waals surface area contributed by atoms with E-state index in [1.165, 1.54) is 0 Å². The third kappa shape index (κ3) is 7.80. The first-order chi connectivity index (χ1) is 7.74. The van der Waals surface area contributed by atoms with Crippen LogP contribution < -0.4 is 5.73 Å². The van der Waals surface area contributed by atoms with E-state index in [0.29, 0.717) is 0 Å². The lowest BCUT2D eigenvalue weighted by Gasteiger charge is -1.90. The van der Waals surface area contributed by atoms with Gasteiger partial charge in [-0.25, -0.2) is 0 Å². The van der Waals surface area contributed by atoms with E-state index >= 15 is 0 Å². The van der Waals surface area contributed by atoms with Crippen molar-refractivity contribution in [2.75, 3.05) is 5.73 Å². The summed E-state index contributed by atoms with van der Waals surface area (Å²) in [5, 5.41) is 0. The molecule has 0 spiro atoms. The fourth-order valence-electron chi connectivity index (χ4n) is 1.06. The molecule has 0 aliphatic rings. The van der Waals surface area contributed by atoms with Crippen molar-refractivity contribution in [2.45, 2.75) is 33.1 Å². The van der Waals surface area contributed by atoms with Crippen LogP contribution in [0.1, 0.15) is 33.1 Å². The number of allylic oxidation sites excluding steroid dienone is 2. The van der Waals surface area contributed by atoms with Gasteiger partial charge in [0.05, 0.1) is 0 Å². The summed E-state index contributed by atoms with van der Waals surface area (Å²) in [4.78, 5) is 10.2. The molecule has 1 aromatic carbocycles. The number of nitrogen functional groups attached to an aromatic ring is 1. The Bertz CT molecular complexity index is 304. The first-order valence-corrected chi connectivity index (χ1v) is 5.69. The molecule has 0 amide bonds. The van der Waals surface area contributed by atoms with Crippen molar-refractivity contribution < 1.29 is 4.79 Å². The number of anilines is 1. The normalized spacial score (nSPS) is 10.2. The molecule has 16 heavy (non-hydrogen) atoms. The highest BCUT2D eigenvalue weighted by molar-refractivity contribution is 5.72. The summed E-state index contributed by atoms with van der Waals surface area (Å²) in [6, 6.07) is 9.49. The SMILES string of the molecule is CCC/C=C(/C=O)CC.Nc1ccccc1. The van der Waals surface area contributed by atoms with Crippen LogP contribution in [0.3, 0.4) is 0 Å². The highest BCUT2D eigenvalue weighted by Gasteiger charge is 1.86. The van der Waals surface area contributed by atoms with Crippen molar-refractivity contribution in [1.82, 2.24) is 0 Å². The molecule has 0 bridgehead atoms. The molecule has 0 aromatic heterocycles.